The SMILES string of the molecule is C[C@H](NC(=O)Cc1ccccc1)C(=O)Nc1cccc(O)c1. The quantitative estimate of drug-likeness (QED) is 0.791. The second-order valence-corrected chi connectivity index (χ2v) is 4.99. The van der Waals surface area contributed by atoms with E-state index in [0.717, 1.165) is 5.56 Å². The van der Waals surface area contributed by atoms with Crippen molar-refractivity contribution in [3.63, 3.8) is 0 Å². The Labute approximate surface area is 129 Å². The number of phenols is 1. The van der Waals surface area contributed by atoms with Gasteiger partial charge in [-0.3, -0.25) is 9.59 Å². The molecule has 0 aliphatic heterocycles. The number of hydrogen-bond donors (Lipinski definition) is 3. The average molecular weight is 298 g/mol. The minimum Gasteiger partial charge on any atom is -0.508 e. The fraction of sp³-hybridized carbons (Fsp3) is 0.176. The predicted molar refractivity (Wildman–Crippen MR) is 84.5 cm³/mol. The molecule has 5 nitrogen and oxygen atoms in total. The predicted octanol–water partition coefficient (Wildman–Crippen LogP) is 2.08. The van der Waals surface area contributed by atoms with Gasteiger partial charge in [0.25, 0.3) is 0 Å². The summed E-state index contributed by atoms with van der Waals surface area (Å²) in [5.74, 6) is -0.490. The molecule has 1 atom stereocenters. The van der Waals surface area contributed by atoms with Gasteiger partial charge in [-0.25, -0.2) is 0 Å². The molecule has 0 fully saturated rings. The van der Waals surface area contributed by atoms with Crippen molar-refractivity contribution in [1.82, 2.24) is 5.32 Å². The standard InChI is InChI=1S/C17H18N2O3/c1-12(17(22)19-14-8-5-9-15(20)11-14)18-16(21)10-13-6-3-2-4-7-13/h2-9,11-12,20H,10H2,1H3,(H,18,21)(H,19,22)/t12-/m0/s1. The molecule has 0 unspecified atom stereocenters. The molecule has 0 aromatic heterocycles. The number of carbonyl (C=O) groups excluding carboxylic acids is 2. The van der Waals surface area contributed by atoms with Crippen LogP contribution in [0.15, 0.2) is 54.6 Å². The van der Waals surface area contributed by atoms with E-state index in [1.807, 2.05) is 30.3 Å². The van der Waals surface area contributed by atoms with Gasteiger partial charge in [-0.1, -0.05) is 36.4 Å². The Morgan fingerprint density at radius 2 is 1.82 bits per heavy atom. The number of benzene rings is 2. The second kappa shape index (κ2) is 7.26. The molecule has 0 aliphatic rings. The van der Waals surface area contributed by atoms with Gasteiger partial charge < -0.3 is 15.7 Å². The Bertz CT molecular complexity index is 656. The van der Waals surface area contributed by atoms with Crippen molar-refractivity contribution in [2.24, 2.45) is 0 Å². The van der Waals surface area contributed by atoms with E-state index in [1.54, 1.807) is 19.1 Å². The van der Waals surface area contributed by atoms with Crippen LogP contribution in [0, 0.1) is 0 Å². The highest BCUT2D eigenvalue weighted by atomic mass is 16.3. The number of phenolic OH excluding ortho intramolecular Hbond substituents is 1. The fourth-order valence-electron chi connectivity index (χ4n) is 1.97. The molecule has 0 saturated heterocycles. The normalized spacial score (nSPS) is 11.5. The minimum absolute atomic E-state index is 0.0681. The van der Waals surface area contributed by atoms with Crippen LogP contribution in [-0.4, -0.2) is 23.0 Å². The van der Waals surface area contributed by atoms with E-state index in [9.17, 15) is 14.7 Å². The maximum absolute atomic E-state index is 12.0. The molecule has 0 aliphatic carbocycles. The molecule has 0 saturated carbocycles. The largest absolute Gasteiger partial charge is 0.508 e. The number of anilines is 1. The van der Waals surface area contributed by atoms with Gasteiger partial charge in [-0.05, 0) is 24.6 Å². The Hall–Kier alpha value is -2.82. The lowest BCUT2D eigenvalue weighted by Crippen LogP contribution is -2.42. The lowest BCUT2D eigenvalue weighted by atomic mass is 10.1. The van der Waals surface area contributed by atoms with Crippen LogP contribution in [0.1, 0.15) is 12.5 Å². The summed E-state index contributed by atoms with van der Waals surface area (Å²) in [6.45, 7) is 1.61. The van der Waals surface area contributed by atoms with Crippen LogP contribution >= 0.6 is 0 Å². The van der Waals surface area contributed by atoms with E-state index in [2.05, 4.69) is 10.6 Å². The molecular weight excluding hydrogens is 280 g/mol. The van der Waals surface area contributed by atoms with E-state index in [4.69, 9.17) is 0 Å². The summed E-state index contributed by atoms with van der Waals surface area (Å²) in [4.78, 5) is 23.9. The molecule has 0 spiro atoms. The molecule has 114 valence electrons. The van der Waals surface area contributed by atoms with Gasteiger partial charge in [0.1, 0.15) is 11.8 Å². The maximum atomic E-state index is 12.0. The highest BCUT2D eigenvalue weighted by molar-refractivity contribution is 5.97. The molecule has 2 aromatic carbocycles. The Balaban J connectivity index is 1.87. The first-order valence-electron chi connectivity index (χ1n) is 6.98. The van der Waals surface area contributed by atoms with E-state index in [0.29, 0.717) is 5.69 Å². The first kappa shape index (κ1) is 15.6. The molecule has 2 aromatic rings. The number of carbonyl (C=O) groups is 2. The number of aromatic hydroxyl groups is 1. The number of hydrogen-bond acceptors (Lipinski definition) is 3. The van der Waals surface area contributed by atoms with E-state index >= 15 is 0 Å². The van der Waals surface area contributed by atoms with Crippen LogP contribution in [0.3, 0.4) is 0 Å². The molecule has 3 N–H and O–H groups in total. The summed E-state index contributed by atoms with van der Waals surface area (Å²) in [6.07, 6.45) is 0.227. The van der Waals surface area contributed by atoms with E-state index in [-0.39, 0.29) is 24.0 Å². The van der Waals surface area contributed by atoms with Crippen LogP contribution in [0.5, 0.6) is 5.75 Å². The number of amides is 2. The van der Waals surface area contributed by atoms with Gasteiger partial charge in [0.2, 0.25) is 11.8 Å². The van der Waals surface area contributed by atoms with Crippen molar-refractivity contribution in [3.8, 4) is 5.75 Å². The summed E-state index contributed by atoms with van der Waals surface area (Å²) < 4.78 is 0. The molecule has 5 heteroatoms. The summed E-state index contributed by atoms with van der Waals surface area (Å²) in [5.41, 5.74) is 1.37. The van der Waals surface area contributed by atoms with Crippen LogP contribution in [-0.2, 0) is 16.0 Å². The average Bonchev–Trinajstić information content (AvgIpc) is 2.48. The van der Waals surface area contributed by atoms with Crippen molar-refractivity contribution < 1.29 is 14.7 Å². The minimum atomic E-state index is -0.668. The summed E-state index contributed by atoms with van der Waals surface area (Å²) in [5, 5.41) is 14.6. The zero-order valence-electron chi connectivity index (χ0n) is 12.2. The highest BCUT2D eigenvalue weighted by Gasteiger charge is 2.16. The van der Waals surface area contributed by atoms with Crippen LogP contribution in [0.2, 0.25) is 0 Å². The van der Waals surface area contributed by atoms with E-state index < -0.39 is 6.04 Å². The molecule has 0 radical (unpaired) electrons. The second-order valence-electron chi connectivity index (χ2n) is 4.99. The molecular formula is C17H18N2O3. The smallest absolute Gasteiger partial charge is 0.246 e. The van der Waals surface area contributed by atoms with Gasteiger partial charge in [0.05, 0.1) is 6.42 Å². The number of nitrogens with one attached hydrogen (secondary N) is 2. The van der Waals surface area contributed by atoms with Gasteiger partial charge in [-0.2, -0.15) is 0 Å². The first-order valence-corrected chi connectivity index (χ1v) is 6.98. The molecule has 2 amide bonds. The van der Waals surface area contributed by atoms with Crippen molar-refractivity contribution in [1.29, 1.82) is 0 Å². The van der Waals surface area contributed by atoms with Crippen LogP contribution in [0.25, 0.3) is 0 Å². The zero-order chi connectivity index (χ0) is 15.9. The van der Waals surface area contributed by atoms with Crippen LogP contribution in [0.4, 0.5) is 5.69 Å². The highest BCUT2D eigenvalue weighted by Crippen LogP contribution is 2.15. The lowest BCUT2D eigenvalue weighted by molar-refractivity contribution is -0.125. The summed E-state index contributed by atoms with van der Waals surface area (Å²) in [6, 6.07) is 14.9. The van der Waals surface area contributed by atoms with Crippen molar-refractivity contribution in [2.45, 2.75) is 19.4 Å². The van der Waals surface area contributed by atoms with Gasteiger partial charge in [0.15, 0.2) is 0 Å². The Kier molecular flexibility index (Phi) is 5.14. The van der Waals surface area contributed by atoms with Crippen molar-refractivity contribution in [3.05, 3.63) is 60.2 Å². The van der Waals surface area contributed by atoms with E-state index in [1.165, 1.54) is 12.1 Å². The third-order valence-electron chi connectivity index (χ3n) is 3.09. The molecule has 0 heterocycles. The Morgan fingerprint density at radius 3 is 2.50 bits per heavy atom. The topological polar surface area (TPSA) is 78.4 Å². The van der Waals surface area contributed by atoms with Crippen molar-refractivity contribution in [2.75, 3.05) is 5.32 Å². The lowest BCUT2D eigenvalue weighted by Gasteiger charge is -2.14. The van der Waals surface area contributed by atoms with Crippen molar-refractivity contribution >= 4 is 17.5 Å². The zero-order valence-corrected chi connectivity index (χ0v) is 12.2. The van der Waals surface area contributed by atoms with Gasteiger partial charge >= 0.3 is 0 Å². The number of rotatable bonds is 5. The first-order chi connectivity index (χ1) is 10.5. The monoisotopic (exact) mass is 298 g/mol. The maximum Gasteiger partial charge on any atom is 0.246 e. The van der Waals surface area contributed by atoms with Gasteiger partial charge in [0, 0.05) is 11.8 Å². The van der Waals surface area contributed by atoms with Gasteiger partial charge in [-0.15, -0.1) is 0 Å². The third kappa shape index (κ3) is 4.63. The molecule has 2 rings (SSSR count). The van der Waals surface area contributed by atoms with Crippen LogP contribution < -0.4 is 10.6 Å². The third-order valence-corrected chi connectivity index (χ3v) is 3.09. The fourth-order valence-corrected chi connectivity index (χ4v) is 1.97. The summed E-state index contributed by atoms with van der Waals surface area (Å²) in [7, 11) is 0. The molecule has 0 bridgehead atoms. The summed E-state index contributed by atoms with van der Waals surface area (Å²) >= 11 is 0. The Morgan fingerprint density at radius 1 is 1.09 bits per heavy atom. The molecule has 22 heavy (non-hydrogen) atoms.